The van der Waals surface area contributed by atoms with Gasteiger partial charge in [-0.3, -0.25) is 4.98 Å². The van der Waals surface area contributed by atoms with Crippen LogP contribution in [0, 0.1) is 0 Å². The van der Waals surface area contributed by atoms with Crippen LogP contribution in [0.3, 0.4) is 0 Å². The summed E-state index contributed by atoms with van der Waals surface area (Å²) in [5.41, 5.74) is 0. The summed E-state index contributed by atoms with van der Waals surface area (Å²) in [6.07, 6.45) is 2.08. The van der Waals surface area contributed by atoms with E-state index < -0.39 is 12.1 Å². The van der Waals surface area contributed by atoms with Gasteiger partial charge in [-0.1, -0.05) is 0 Å². The Balaban J connectivity index is 0.000000241. The highest BCUT2D eigenvalue weighted by Crippen LogP contribution is 2.11. The Labute approximate surface area is 77.6 Å². The van der Waals surface area contributed by atoms with Gasteiger partial charge in [0.05, 0.1) is 12.4 Å². The lowest BCUT2D eigenvalue weighted by Gasteiger charge is -2.03. The van der Waals surface area contributed by atoms with Gasteiger partial charge in [-0.05, 0) is 0 Å². The molecular weight excluding hydrogens is 201 g/mol. The van der Waals surface area contributed by atoms with Crippen LogP contribution >= 0.6 is 0 Å². The second kappa shape index (κ2) is 5.15. The van der Waals surface area contributed by atoms with Crippen LogP contribution in [0.15, 0.2) is 24.8 Å². The lowest BCUT2D eigenvalue weighted by molar-refractivity contribution is -0.672. The van der Waals surface area contributed by atoms with E-state index in [4.69, 9.17) is 9.90 Å². The number of rotatable bonds is 0. The molecule has 0 N–H and O–H groups in total. The Morgan fingerprint density at radius 3 is 1.86 bits per heavy atom. The van der Waals surface area contributed by atoms with Crippen molar-refractivity contribution in [1.82, 2.24) is 4.98 Å². The normalized spacial score (nSPS) is 10.0. The number of aryl methyl sites for hydroxylation is 1. The number of hydrogen-bond acceptors (Lipinski definition) is 3. The maximum atomic E-state index is 10.5. The predicted octanol–water partition coefficient (Wildman–Crippen LogP) is -0.795. The Morgan fingerprint density at radius 2 is 1.71 bits per heavy atom. The van der Waals surface area contributed by atoms with E-state index >= 15 is 0 Å². The second-order valence-electron chi connectivity index (χ2n) is 2.20. The molecule has 7 heteroatoms. The van der Waals surface area contributed by atoms with Gasteiger partial charge in [0.2, 0.25) is 0 Å². The largest absolute Gasteiger partial charge is 0.542 e. The Bertz CT molecular complexity index is 287. The summed E-state index contributed by atoms with van der Waals surface area (Å²) >= 11 is 0. The zero-order valence-corrected chi connectivity index (χ0v) is 7.15. The van der Waals surface area contributed by atoms with Crippen molar-refractivity contribution in [2.75, 3.05) is 0 Å². The molecule has 0 aliphatic heterocycles. The van der Waals surface area contributed by atoms with E-state index in [0.29, 0.717) is 0 Å². The molecule has 0 saturated heterocycles. The number of alkyl halides is 3. The highest BCUT2D eigenvalue weighted by molar-refractivity contribution is 5.70. The summed E-state index contributed by atoms with van der Waals surface area (Å²) in [5.74, 6) is -3.01. The molecule has 0 bridgehead atoms. The first-order chi connectivity index (χ1) is 6.34. The smallest absolute Gasteiger partial charge is 0.430 e. The quantitative estimate of drug-likeness (QED) is 0.525. The van der Waals surface area contributed by atoms with Gasteiger partial charge in [0.15, 0.2) is 12.4 Å². The summed E-state index contributed by atoms with van der Waals surface area (Å²) in [6, 6.07) is 0. The second-order valence-corrected chi connectivity index (χ2v) is 2.20. The fraction of sp³-hybridized carbons (Fsp3) is 0.286. The molecule has 0 aliphatic rings. The minimum absolute atomic E-state index is 1.75. The predicted molar refractivity (Wildman–Crippen MR) is 36.5 cm³/mol. The van der Waals surface area contributed by atoms with Gasteiger partial charge in [-0.25, -0.2) is 4.57 Å². The minimum atomic E-state index is -5.19. The van der Waals surface area contributed by atoms with E-state index in [1.165, 1.54) is 0 Å². The topological polar surface area (TPSA) is 56.9 Å². The number of aliphatic carboxylic acids is 1. The highest BCUT2D eigenvalue weighted by Gasteiger charge is 2.28. The molecular formula is C7H7F3N2O2. The molecule has 0 amide bonds. The van der Waals surface area contributed by atoms with Crippen molar-refractivity contribution < 1.29 is 27.6 Å². The molecule has 1 aromatic heterocycles. The van der Waals surface area contributed by atoms with Crippen molar-refractivity contribution in [1.29, 1.82) is 0 Å². The van der Waals surface area contributed by atoms with Gasteiger partial charge in [-0.15, -0.1) is 0 Å². The van der Waals surface area contributed by atoms with E-state index in [-0.39, 0.29) is 0 Å². The Kier molecular flexibility index (Phi) is 4.54. The number of nitrogens with zero attached hydrogens (tertiary/aromatic N) is 2. The SMILES string of the molecule is C[n+]1ccncc1.O=C([O-])C(F)(F)F. The molecule has 14 heavy (non-hydrogen) atoms. The van der Waals surface area contributed by atoms with Crippen LogP contribution in [0.5, 0.6) is 0 Å². The van der Waals surface area contributed by atoms with Crippen molar-refractivity contribution in [3.05, 3.63) is 24.8 Å². The standard InChI is InChI=1S/C5H7N2.C2HF3O2/c1-7-4-2-6-3-5-7;3-2(4,5)1(6)7/h2-5H,1H3;(H,6,7)/q+1;/p-1. The number of halogens is 3. The molecule has 0 fully saturated rings. The average Bonchev–Trinajstić information content (AvgIpc) is 2.04. The molecule has 0 aliphatic carbocycles. The first-order valence-electron chi connectivity index (χ1n) is 3.37. The van der Waals surface area contributed by atoms with E-state index in [1.807, 2.05) is 24.0 Å². The lowest BCUT2D eigenvalue weighted by atomic mass is 10.7. The minimum Gasteiger partial charge on any atom is -0.542 e. The average molecular weight is 208 g/mol. The number of hydrogen-bond donors (Lipinski definition) is 0. The first-order valence-corrected chi connectivity index (χ1v) is 3.37. The number of carbonyl (C=O) groups is 1. The molecule has 4 nitrogen and oxygen atoms in total. The van der Waals surface area contributed by atoms with Gasteiger partial charge >= 0.3 is 6.18 Å². The Hall–Kier alpha value is -1.66. The zero-order valence-electron chi connectivity index (χ0n) is 7.15. The summed E-state index contributed by atoms with van der Waals surface area (Å²) in [5, 5.41) is 8.78. The van der Waals surface area contributed by atoms with E-state index in [0.717, 1.165) is 0 Å². The molecule has 0 atom stereocenters. The zero-order chi connectivity index (χ0) is 11.2. The lowest BCUT2D eigenvalue weighted by Crippen LogP contribution is -2.37. The third-order valence-electron chi connectivity index (χ3n) is 1.01. The number of carbonyl (C=O) groups excluding carboxylic acids is 1. The summed E-state index contributed by atoms with van der Waals surface area (Å²) in [7, 11) is 1.96. The van der Waals surface area contributed by atoms with Crippen molar-refractivity contribution in [3.8, 4) is 0 Å². The summed E-state index contributed by atoms with van der Waals surface area (Å²) < 4.78 is 33.5. The van der Waals surface area contributed by atoms with Gasteiger partial charge in [0, 0.05) is 0 Å². The molecule has 0 spiro atoms. The summed E-state index contributed by atoms with van der Waals surface area (Å²) in [6.45, 7) is 0. The molecule has 1 aromatic rings. The maximum absolute atomic E-state index is 10.5. The van der Waals surface area contributed by atoms with E-state index in [2.05, 4.69) is 4.98 Å². The fourth-order valence-electron chi connectivity index (χ4n) is 0.387. The number of carboxylic acids is 1. The first kappa shape index (κ1) is 12.3. The molecule has 1 rings (SSSR count). The van der Waals surface area contributed by atoms with Crippen molar-refractivity contribution in [2.45, 2.75) is 6.18 Å². The van der Waals surface area contributed by atoms with Crippen LogP contribution in [0.25, 0.3) is 0 Å². The van der Waals surface area contributed by atoms with Crippen LogP contribution in [0.4, 0.5) is 13.2 Å². The fourth-order valence-corrected chi connectivity index (χ4v) is 0.387. The molecule has 78 valence electrons. The third kappa shape index (κ3) is 5.92. The third-order valence-corrected chi connectivity index (χ3v) is 1.01. The van der Waals surface area contributed by atoms with Gasteiger partial charge in [0.25, 0.3) is 0 Å². The van der Waals surface area contributed by atoms with Gasteiger partial charge in [-0.2, -0.15) is 13.2 Å². The van der Waals surface area contributed by atoms with E-state index in [1.54, 1.807) is 12.4 Å². The Morgan fingerprint density at radius 1 is 1.36 bits per heavy atom. The van der Waals surface area contributed by atoms with Gasteiger partial charge < -0.3 is 9.90 Å². The van der Waals surface area contributed by atoms with Crippen molar-refractivity contribution in [3.63, 3.8) is 0 Å². The monoisotopic (exact) mass is 208 g/mol. The molecule has 1 heterocycles. The molecule has 0 unspecified atom stereocenters. The van der Waals surface area contributed by atoms with Crippen LogP contribution in [0.2, 0.25) is 0 Å². The molecule has 0 aromatic carbocycles. The number of carboxylic acid groups (broad SMARTS) is 1. The summed E-state index contributed by atoms with van der Waals surface area (Å²) in [4.78, 5) is 12.6. The molecule has 0 saturated carbocycles. The van der Waals surface area contributed by atoms with Crippen molar-refractivity contribution in [2.24, 2.45) is 7.05 Å². The highest BCUT2D eigenvalue weighted by atomic mass is 19.4. The van der Waals surface area contributed by atoms with Gasteiger partial charge in [0.1, 0.15) is 13.0 Å². The van der Waals surface area contributed by atoms with Crippen LogP contribution < -0.4 is 9.67 Å². The van der Waals surface area contributed by atoms with Crippen LogP contribution in [-0.2, 0) is 11.8 Å². The van der Waals surface area contributed by atoms with Crippen LogP contribution in [-0.4, -0.2) is 17.1 Å². The van der Waals surface area contributed by atoms with Crippen LogP contribution in [0.1, 0.15) is 0 Å². The van der Waals surface area contributed by atoms with E-state index in [9.17, 15) is 13.2 Å². The number of aromatic nitrogens is 2. The van der Waals surface area contributed by atoms with Crippen molar-refractivity contribution >= 4 is 5.97 Å². The maximum Gasteiger partial charge on any atom is 0.430 e. The molecule has 0 radical (unpaired) electrons.